The number of fused-ring (bicyclic) bond motifs is 3. The predicted octanol–water partition coefficient (Wildman–Crippen LogP) is 1.21. The highest BCUT2D eigenvalue weighted by Gasteiger charge is 2.66. The quantitative estimate of drug-likeness (QED) is 0.632. The molecule has 7 nitrogen and oxygen atoms in total. The van der Waals surface area contributed by atoms with Crippen molar-refractivity contribution < 1.29 is 29.2 Å². The Morgan fingerprint density at radius 1 is 0.966 bits per heavy atom. The molecule has 162 valence electrons. The Labute approximate surface area is 172 Å². The van der Waals surface area contributed by atoms with Gasteiger partial charge in [0.25, 0.3) is 0 Å². The molecule has 0 aromatic heterocycles. The van der Waals surface area contributed by atoms with Gasteiger partial charge in [0, 0.05) is 12.5 Å². The van der Waals surface area contributed by atoms with Crippen molar-refractivity contribution in [2.45, 2.75) is 75.7 Å². The van der Waals surface area contributed by atoms with E-state index in [4.69, 9.17) is 18.9 Å². The van der Waals surface area contributed by atoms with Crippen molar-refractivity contribution in [1.29, 1.82) is 0 Å². The summed E-state index contributed by atoms with van der Waals surface area (Å²) in [5.41, 5.74) is -0.238. The molecule has 7 heteroatoms. The molecule has 2 saturated heterocycles. The summed E-state index contributed by atoms with van der Waals surface area (Å²) >= 11 is 0. The Hall–Kier alpha value is -1.06. The lowest BCUT2D eigenvalue weighted by atomic mass is 9.68. The van der Waals surface area contributed by atoms with Gasteiger partial charge in [0.15, 0.2) is 11.6 Å². The van der Waals surface area contributed by atoms with E-state index in [0.717, 1.165) is 6.42 Å². The van der Waals surface area contributed by atoms with Gasteiger partial charge in [-0.3, -0.25) is 0 Å². The van der Waals surface area contributed by atoms with Crippen LogP contribution in [-0.4, -0.2) is 71.5 Å². The van der Waals surface area contributed by atoms with Gasteiger partial charge in [-0.05, 0) is 46.2 Å². The second kappa shape index (κ2) is 7.57. The van der Waals surface area contributed by atoms with E-state index in [1.54, 1.807) is 0 Å². The van der Waals surface area contributed by atoms with Crippen molar-refractivity contribution in [1.82, 2.24) is 5.32 Å². The third-order valence-corrected chi connectivity index (χ3v) is 6.22. The fourth-order valence-corrected chi connectivity index (χ4v) is 4.77. The maximum absolute atomic E-state index is 11.6. The van der Waals surface area contributed by atoms with Crippen molar-refractivity contribution in [3.05, 3.63) is 35.9 Å². The zero-order chi connectivity index (χ0) is 20.9. The van der Waals surface area contributed by atoms with Crippen molar-refractivity contribution >= 4 is 0 Å². The molecule has 1 aromatic carbocycles. The van der Waals surface area contributed by atoms with Gasteiger partial charge >= 0.3 is 0 Å². The van der Waals surface area contributed by atoms with Gasteiger partial charge < -0.3 is 34.5 Å². The molecule has 29 heavy (non-hydrogen) atoms. The Balaban J connectivity index is 1.50. The Morgan fingerprint density at radius 2 is 1.62 bits per heavy atom. The van der Waals surface area contributed by atoms with Crippen molar-refractivity contribution in [2.75, 3.05) is 19.7 Å². The van der Waals surface area contributed by atoms with E-state index in [1.807, 2.05) is 45.9 Å². The minimum Gasteiger partial charge on any atom is -0.387 e. The summed E-state index contributed by atoms with van der Waals surface area (Å²) < 4.78 is 24.1. The van der Waals surface area contributed by atoms with Crippen LogP contribution in [0.15, 0.2) is 30.3 Å². The summed E-state index contributed by atoms with van der Waals surface area (Å²) in [5, 5.41) is 26.0. The zero-order valence-electron chi connectivity index (χ0n) is 17.6. The number of hydrogen-bond acceptors (Lipinski definition) is 7. The van der Waals surface area contributed by atoms with E-state index < -0.39 is 47.5 Å². The largest absolute Gasteiger partial charge is 0.387 e. The molecule has 4 rings (SSSR count). The minimum absolute atomic E-state index is 0.211. The molecular weight excluding hydrogens is 374 g/mol. The standard InChI is InChI=1S/C22H33NO6/c1-20(2)26-12-15-16(27-20)17-18(29-21(3,4)28-17)19(24)22(15,25)13-23-11-10-14-8-6-5-7-9-14/h5-9,15-19,23-25H,10-13H2,1-4H3/t15-,16+,17-,18-,19-,22-/m0/s1. The van der Waals surface area contributed by atoms with Crippen LogP contribution in [0.4, 0.5) is 0 Å². The monoisotopic (exact) mass is 407 g/mol. The van der Waals surface area contributed by atoms with E-state index in [0.29, 0.717) is 6.54 Å². The molecule has 0 radical (unpaired) electrons. The maximum atomic E-state index is 11.6. The Kier molecular flexibility index (Phi) is 5.53. The number of aliphatic hydroxyl groups is 2. The summed E-state index contributed by atoms with van der Waals surface area (Å²) in [5.74, 6) is -2.07. The van der Waals surface area contributed by atoms with Crippen molar-refractivity contribution in [2.24, 2.45) is 5.92 Å². The lowest BCUT2D eigenvalue weighted by molar-refractivity contribution is -0.352. The third kappa shape index (κ3) is 4.10. The molecule has 0 unspecified atom stereocenters. The number of nitrogens with one attached hydrogen (secondary N) is 1. The maximum Gasteiger partial charge on any atom is 0.164 e. The van der Waals surface area contributed by atoms with Gasteiger partial charge in [-0.2, -0.15) is 0 Å². The molecule has 2 heterocycles. The molecule has 6 atom stereocenters. The molecule has 3 N–H and O–H groups in total. The van der Waals surface area contributed by atoms with Crippen LogP contribution in [0.5, 0.6) is 0 Å². The number of aliphatic hydroxyl groups excluding tert-OH is 1. The van der Waals surface area contributed by atoms with Crippen LogP contribution >= 0.6 is 0 Å². The number of hydrogen-bond donors (Lipinski definition) is 3. The highest BCUT2D eigenvalue weighted by atomic mass is 16.8. The average molecular weight is 408 g/mol. The van der Waals surface area contributed by atoms with E-state index >= 15 is 0 Å². The third-order valence-electron chi connectivity index (χ3n) is 6.22. The smallest absolute Gasteiger partial charge is 0.164 e. The molecule has 1 saturated carbocycles. The zero-order valence-corrected chi connectivity index (χ0v) is 17.6. The molecule has 2 aliphatic heterocycles. The topological polar surface area (TPSA) is 89.4 Å². The predicted molar refractivity (Wildman–Crippen MR) is 106 cm³/mol. The summed E-state index contributed by atoms with van der Waals surface area (Å²) in [6.07, 6.45) is -1.85. The second-order valence-corrected chi connectivity index (χ2v) is 9.31. The first-order valence-corrected chi connectivity index (χ1v) is 10.4. The van der Waals surface area contributed by atoms with Crippen LogP contribution in [0.2, 0.25) is 0 Å². The Morgan fingerprint density at radius 3 is 2.34 bits per heavy atom. The normalized spacial score (nSPS) is 40.3. The second-order valence-electron chi connectivity index (χ2n) is 9.31. The van der Waals surface area contributed by atoms with Crippen LogP contribution in [0.1, 0.15) is 33.3 Å². The van der Waals surface area contributed by atoms with Crippen LogP contribution in [-0.2, 0) is 25.4 Å². The van der Waals surface area contributed by atoms with Crippen LogP contribution in [0.25, 0.3) is 0 Å². The summed E-state index contributed by atoms with van der Waals surface area (Å²) in [6, 6.07) is 10.2. The SMILES string of the molecule is CC1(C)O[C@@H]2[C@H](O1)[C@H](O)[C@](O)(CNCCc1ccccc1)[C@H]1COC(C)(C)O[C@@H]21. The molecule has 1 aromatic rings. The fraction of sp³-hybridized carbons (Fsp3) is 0.727. The first-order valence-electron chi connectivity index (χ1n) is 10.4. The van der Waals surface area contributed by atoms with E-state index in [2.05, 4.69) is 17.4 Å². The van der Waals surface area contributed by atoms with Gasteiger partial charge in [-0.15, -0.1) is 0 Å². The highest BCUT2D eigenvalue weighted by molar-refractivity contribution is 5.16. The van der Waals surface area contributed by atoms with E-state index in [9.17, 15) is 10.2 Å². The van der Waals surface area contributed by atoms with Gasteiger partial charge in [0.2, 0.25) is 0 Å². The molecule has 3 fully saturated rings. The van der Waals surface area contributed by atoms with E-state index in [-0.39, 0.29) is 13.2 Å². The number of benzene rings is 1. The number of rotatable bonds is 5. The van der Waals surface area contributed by atoms with Gasteiger partial charge in [0.05, 0.1) is 12.7 Å². The van der Waals surface area contributed by atoms with Crippen LogP contribution < -0.4 is 5.32 Å². The van der Waals surface area contributed by atoms with Crippen LogP contribution in [0.3, 0.4) is 0 Å². The molecule has 0 bridgehead atoms. The lowest BCUT2D eigenvalue weighted by Crippen LogP contribution is -2.73. The lowest BCUT2D eigenvalue weighted by Gasteiger charge is -2.55. The van der Waals surface area contributed by atoms with Crippen molar-refractivity contribution in [3.8, 4) is 0 Å². The first kappa shape index (κ1) is 21.2. The van der Waals surface area contributed by atoms with Gasteiger partial charge in [-0.1, -0.05) is 30.3 Å². The van der Waals surface area contributed by atoms with Crippen molar-refractivity contribution in [3.63, 3.8) is 0 Å². The first-order chi connectivity index (χ1) is 13.6. The average Bonchev–Trinajstić information content (AvgIpc) is 2.99. The van der Waals surface area contributed by atoms with Gasteiger partial charge in [-0.25, -0.2) is 0 Å². The van der Waals surface area contributed by atoms with E-state index in [1.165, 1.54) is 5.56 Å². The van der Waals surface area contributed by atoms with Gasteiger partial charge in [0.1, 0.15) is 23.9 Å². The molecule has 0 spiro atoms. The minimum atomic E-state index is -1.46. The highest BCUT2D eigenvalue weighted by Crippen LogP contribution is 2.48. The number of ether oxygens (including phenoxy) is 4. The Bertz CT molecular complexity index is 711. The summed E-state index contributed by atoms with van der Waals surface area (Å²) in [6.45, 7) is 8.49. The molecule has 0 amide bonds. The molecule has 3 aliphatic rings. The van der Waals surface area contributed by atoms with Crippen LogP contribution in [0, 0.1) is 5.92 Å². The summed E-state index contributed by atoms with van der Waals surface area (Å²) in [4.78, 5) is 0. The summed E-state index contributed by atoms with van der Waals surface area (Å²) in [7, 11) is 0. The molecular formula is C22H33NO6. The molecule has 1 aliphatic carbocycles. The fourth-order valence-electron chi connectivity index (χ4n) is 4.77.